The van der Waals surface area contributed by atoms with Crippen molar-refractivity contribution in [1.82, 2.24) is 0 Å². The van der Waals surface area contributed by atoms with Crippen LogP contribution in [0.25, 0.3) is 0 Å². The minimum absolute atomic E-state index is 0.465. The van der Waals surface area contributed by atoms with Crippen molar-refractivity contribution in [2.75, 3.05) is 13.2 Å². The summed E-state index contributed by atoms with van der Waals surface area (Å²) < 4.78 is 20.4. The van der Waals surface area contributed by atoms with E-state index in [-0.39, 0.29) is 0 Å². The first-order valence-electron chi connectivity index (χ1n) is 12.7. The lowest BCUT2D eigenvalue weighted by molar-refractivity contribution is -0.176. The number of unbranched alkanes of at least 4 members (excludes halogenated alkanes) is 2. The third kappa shape index (κ3) is 28.5. The molecule has 34 heavy (non-hydrogen) atoms. The number of carbonyl (C=O) groups is 2. The van der Waals surface area contributed by atoms with Gasteiger partial charge in [0.05, 0.1) is 13.2 Å². The summed E-state index contributed by atoms with van der Waals surface area (Å²) in [5.41, 5.74) is -0.940. The number of rotatable bonds is 12. The van der Waals surface area contributed by atoms with Gasteiger partial charge in [-0.05, 0) is 66.2 Å². The van der Waals surface area contributed by atoms with E-state index in [2.05, 4.69) is 27.7 Å². The molecule has 0 heterocycles. The van der Waals surface area contributed by atoms with Crippen LogP contribution in [0.5, 0.6) is 0 Å². The predicted octanol–water partition coefficient (Wildman–Crippen LogP) is 8.33. The molecule has 8 nitrogen and oxygen atoms in total. The van der Waals surface area contributed by atoms with Crippen molar-refractivity contribution in [2.45, 2.75) is 132 Å². The number of hydrogen-bond donors (Lipinski definition) is 2. The SMILES string of the molecule is CCCCC(CC)COC(=O)OC(C)(C)C.CCCCC(CC)COC(=O)OC(C)(C)C.OO. The monoisotopic (exact) mass is 494 g/mol. The third-order valence-electron chi connectivity index (χ3n) is 4.74. The van der Waals surface area contributed by atoms with Crippen molar-refractivity contribution in [3.05, 3.63) is 0 Å². The molecule has 0 fully saturated rings. The molecule has 0 aliphatic carbocycles. The molecule has 0 aromatic carbocycles. The Morgan fingerprint density at radius 1 is 0.647 bits per heavy atom. The van der Waals surface area contributed by atoms with Crippen LogP contribution in [-0.4, -0.2) is 47.2 Å². The lowest BCUT2D eigenvalue weighted by Crippen LogP contribution is -2.25. The van der Waals surface area contributed by atoms with E-state index in [1.54, 1.807) is 0 Å². The van der Waals surface area contributed by atoms with Crippen LogP contribution in [0.4, 0.5) is 9.59 Å². The van der Waals surface area contributed by atoms with E-state index < -0.39 is 23.5 Å². The van der Waals surface area contributed by atoms with Gasteiger partial charge in [-0.15, -0.1) is 0 Å². The Labute approximate surface area is 208 Å². The Kier molecular flexibility index (Phi) is 23.9. The molecule has 2 N–H and O–H groups in total. The van der Waals surface area contributed by atoms with Crippen LogP contribution < -0.4 is 0 Å². The highest BCUT2D eigenvalue weighted by atomic mass is 17.0. The summed E-state index contributed by atoms with van der Waals surface area (Å²) in [5, 5.41) is 12.0. The maximum absolute atomic E-state index is 11.3. The highest BCUT2D eigenvalue weighted by Gasteiger charge is 2.19. The van der Waals surface area contributed by atoms with Crippen LogP contribution in [0.3, 0.4) is 0 Å². The average molecular weight is 495 g/mol. The minimum Gasteiger partial charge on any atom is -0.434 e. The average Bonchev–Trinajstić information content (AvgIpc) is 2.73. The highest BCUT2D eigenvalue weighted by Crippen LogP contribution is 2.16. The van der Waals surface area contributed by atoms with Crippen molar-refractivity contribution < 1.29 is 39.1 Å². The van der Waals surface area contributed by atoms with Gasteiger partial charge in [-0.3, -0.25) is 10.5 Å². The topological polar surface area (TPSA) is 112 Å². The van der Waals surface area contributed by atoms with Gasteiger partial charge in [0.25, 0.3) is 0 Å². The molecule has 0 radical (unpaired) electrons. The second-order valence-corrected chi connectivity index (χ2v) is 10.4. The van der Waals surface area contributed by atoms with E-state index >= 15 is 0 Å². The standard InChI is InChI=1S/2C13H26O3.H2O2/c2*1-6-8-9-11(7-2)10-15-12(14)16-13(3,4)5;1-2/h2*11H,6-10H2,1-5H3;1-2H. The fraction of sp³-hybridized carbons (Fsp3) is 0.923. The zero-order chi connectivity index (χ0) is 27.2. The molecule has 0 saturated carbocycles. The molecule has 2 unspecified atom stereocenters. The molecular weight excluding hydrogens is 440 g/mol. The van der Waals surface area contributed by atoms with Crippen LogP contribution in [0, 0.1) is 11.8 Å². The van der Waals surface area contributed by atoms with E-state index in [0.29, 0.717) is 25.0 Å². The molecule has 0 spiro atoms. The zero-order valence-corrected chi connectivity index (χ0v) is 23.6. The van der Waals surface area contributed by atoms with Gasteiger partial charge >= 0.3 is 12.3 Å². The van der Waals surface area contributed by atoms with E-state index in [0.717, 1.165) is 25.7 Å². The molecule has 206 valence electrons. The molecule has 0 rings (SSSR count). The molecule has 0 saturated heterocycles. The summed E-state index contributed by atoms with van der Waals surface area (Å²) in [6, 6.07) is 0. The summed E-state index contributed by atoms with van der Waals surface area (Å²) >= 11 is 0. The number of ether oxygens (including phenoxy) is 4. The van der Waals surface area contributed by atoms with Gasteiger partial charge in [-0.2, -0.15) is 0 Å². The Bertz CT molecular complexity index is 436. The summed E-state index contributed by atoms with van der Waals surface area (Å²) in [4.78, 5) is 22.6. The van der Waals surface area contributed by atoms with Gasteiger partial charge in [-0.25, -0.2) is 9.59 Å². The molecular formula is C26H54O8. The van der Waals surface area contributed by atoms with Crippen LogP contribution in [0.15, 0.2) is 0 Å². The van der Waals surface area contributed by atoms with Crippen molar-refractivity contribution in [2.24, 2.45) is 11.8 Å². The molecule has 0 amide bonds. The Balaban J connectivity index is -0.000000526. The van der Waals surface area contributed by atoms with Crippen LogP contribution in [0.1, 0.15) is 121 Å². The number of carbonyl (C=O) groups excluding carboxylic acids is 2. The van der Waals surface area contributed by atoms with E-state index in [1.165, 1.54) is 25.7 Å². The maximum atomic E-state index is 11.3. The summed E-state index contributed by atoms with van der Waals surface area (Å²) in [6.45, 7) is 20.6. The number of hydrogen-bond acceptors (Lipinski definition) is 8. The van der Waals surface area contributed by atoms with Crippen LogP contribution in [0.2, 0.25) is 0 Å². The Hall–Kier alpha value is -1.54. The molecule has 0 aliphatic rings. The van der Waals surface area contributed by atoms with Gasteiger partial charge in [0.1, 0.15) is 11.2 Å². The molecule has 0 aromatic rings. The smallest absolute Gasteiger partial charge is 0.434 e. The second kappa shape index (κ2) is 22.0. The molecule has 2 atom stereocenters. The largest absolute Gasteiger partial charge is 0.508 e. The summed E-state index contributed by atoms with van der Waals surface area (Å²) in [6.07, 6.45) is 7.97. The first-order valence-corrected chi connectivity index (χ1v) is 12.7. The van der Waals surface area contributed by atoms with Gasteiger partial charge in [0.15, 0.2) is 0 Å². The fourth-order valence-electron chi connectivity index (χ4n) is 2.73. The van der Waals surface area contributed by atoms with Gasteiger partial charge in [0.2, 0.25) is 0 Å². The normalized spacial score (nSPS) is 12.7. The quantitative estimate of drug-likeness (QED) is 0.158. The van der Waals surface area contributed by atoms with E-state index in [9.17, 15) is 9.59 Å². The van der Waals surface area contributed by atoms with Crippen LogP contribution in [-0.2, 0) is 18.9 Å². The van der Waals surface area contributed by atoms with Gasteiger partial charge in [-0.1, -0.05) is 66.2 Å². The Morgan fingerprint density at radius 3 is 1.15 bits per heavy atom. The lowest BCUT2D eigenvalue weighted by atomic mass is 10.0. The summed E-state index contributed by atoms with van der Waals surface area (Å²) in [5.74, 6) is 0.930. The van der Waals surface area contributed by atoms with Crippen molar-refractivity contribution >= 4 is 12.3 Å². The zero-order valence-electron chi connectivity index (χ0n) is 23.6. The highest BCUT2D eigenvalue weighted by molar-refractivity contribution is 5.60. The lowest BCUT2D eigenvalue weighted by Gasteiger charge is -2.20. The molecule has 0 aliphatic heterocycles. The predicted molar refractivity (Wildman–Crippen MR) is 136 cm³/mol. The van der Waals surface area contributed by atoms with Crippen LogP contribution >= 0.6 is 0 Å². The first kappa shape index (κ1) is 37.0. The molecule has 0 aromatic heterocycles. The van der Waals surface area contributed by atoms with Crippen molar-refractivity contribution in [3.63, 3.8) is 0 Å². The van der Waals surface area contributed by atoms with Gasteiger partial charge < -0.3 is 18.9 Å². The molecule has 0 bridgehead atoms. The van der Waals surface area contributed by atoms with Crippen molar-refractivity contribution in [3.8, 4) is 0 Å². The van der Waals surface area contributed by atoms with E-state index in [4.69, 9.17) is 29.5 Å². The van der Waals surface area contributed by atoms with E-state index in [1.807, 2.05) is 41.5 Å². The first-order chi connectivity index (χ1) is 15.8. The Morgan fingerprint density at radius 2 is 0.941 bits per heavy atom. The van der Waals surface area contributed by atoms with Crippen molar-refractivity contribution in [1.29, 1.82) is 0 Å². The fourth-order valence-corrected chi connectivity index (χ4v) is 2.73. The second-order valence-electron chi connectivity index (χ2n) is 10.4. The minimum atomic E-state index is -0.553. The van der Waals surface area contributed by atoms with Gasteiger partial charge in [0, 0.05) is 0 Å². The molecule has 8 heteroatoms. The third-order valence-corrected chi connectivity index (χ3v) is 4.74. The maximum Gasteiger partial charge on any atom is 0.508 e. The summed E-state index contributed by atoms with van der Waals surface area (Å²) in [7, 11) is 0.